The molecule has 2 aromatic rings. The zero-order valence-electron chi connectivity index (χ0n) is 6.87. The van der Waals surface area contributed by atoms with Gasteiger partial charge < -0.3 is 10.0 Å². The maximum Gasteiger partial charge on any atom is 0.491 e. The van der Waals surface area contributed by atoms with Crippen LogP contribution in [-0.4, -0.2) is 17.2 Å². The van der Waals surface area contributed by atoms with E-state index < -0.39 is 7.12 Å². The van der Waals surface area contributed by atoms with Crippen LogP contribution in [0.25, 0.3) is 10.1 Å². The molecule has 1 aromatic heterocycles. The lowest BCUT2D eigenvalue weighted by molar-refractivity contribution is 0.426. The summed E-state index contributed by atoms with van der Waals surface area (Å²) in [5, 5.41) is 19.3. The maximum atomic E-state index is 9.20. The Morgan fingerprint density at radius 1 is 1.36 bits per heavy atom. The summed E-state index contributed by atoms with van der Waals surface area (Å²) in [4.78, 5) is 0. The van der Waals surface area contributed by atoms with Crippen LogP contribution in [0.15, 0.2) is 22.7 Å². The van der Waals surface area contributed by atoms with Crippen molar-refractivity contribution in [2.45, 2.75) is 0 Å². The van der Waals surface area contributed by atoms with E-state index in [0.29, 0.717) is 14.3 Å². The lowest BCUT2D eigenvalue weighted by Gasteiger charge is -2.03. The van der Waals surface area contributed by atoms with E-state index in [1.165, 1.54) is 11.3 Å². The van der Waals surface area contributed by atoms with Crippen molar-refractivity contribution in [1.29, 1.82) is 0 Å². The van der Waals surface area contributed by atoms with Gasteiger partial charge in [0.25, 0.3) is 0 Å². The molecule has 0 spiro atoms. The van der Waals surface area contributed by atoms with E-state index in [2.05, 4.69) is 15.9 Å². The summed E-state index contributed by atoms with van der Waals surface area (Å²) in [6, 6.07) is 5.47. The molecule has 0 aliphatic carbocycles. The van der Waals surface area contributed by atoms with Crippen LogP contribution in [0.2, 0.25) is 4.34 Å². The van der Waals surface area contributed by atoms with Gasteiger partial charge in [0.15, 0.2) is 0 Å². The molecule has 2 rings (SSSR count). The van der Waals surface area contributed by atoms with Gasteiger partial charge in [-0.05, 0) is 17.5 Å². The van der Waals surface area contributed by atoms with E-state index >= 15 is 0 Å². The Hall–Kier alpha value is -0.0651. The molecule has 0 saturated heterocycles. The Labute approximate surface area is 98.4 Å². The molecule has 14 heavy (non-hydrogen) atoms. The second-order valence-corrected chi connectivity index (χ2v) is 5.34. The van der Waals surface area contributed by atoms with Crippen molar-refractivity contribution in [3.05, 3.63) is 27.0 Å². The van der Waals surface area contributed by atoms with Crippen molar-refractivity contribution in [3.63, 3.8) is 0 Å². The van der Waals surface area contributed by atoms with Crippen LogP contribution in [-0.2, 0) is 0 Å². The van der Waals surface area contributed by atoms with Crippen LogP contribution in [0, 0.1) is 0 Å². The molecule has 0 unspecified atom stereocenters. The van der Waals surface area contributed by atoms with E-state index in [1.807, 2.05) is 6.07 Å². The summed E-state index contributed by atoms with van der Waals surface area (Å²) in [5.74, 6) is 0. The number of thiophene rings is 1. The summed E-state index contributed by atoms with van der Waals surface area (Å²) < 4.78 is 2.12. The summed E-state index contributed by atoms with van der Waals surface area (Å²) in [7, 11) is -1.48. The third kappa shape index (κ3) is 1.70. The molecule has 0 saturated carbocycles. The van der Waals surface area contributed by atoms with Gasteiger partial charge in [0.05, 0.1) is 4.34 Å². The summed E-state index contributed by atoms with van der Waals surface area (Å²) in [6.45, 7) is 0. The van der Waals surface area contributed by atoms with Crippen molar-refractivity contribution >= 4 is 61.5 Å². The van der Waals surface area contributed by atoms with Crippen LogP contribution < -0.4 is 5.46 Å². The van der Waals surface area contributed by atoms with Crippen LogP contribution >= 0.6 is 38.9 Å². The number of rotatable bonds is 1. The van der Waals surface area contributed by atoms with E-state index in [9.17, 15) is 10.0 Å². The first-order valence-electron chi connectivity index (χ1n) is 3.83. The number of fused-ring (bicyclic) bond motifs is 1. The largest absolute Gasteiger partial charge is 0.491 e. The van der Waals surface area contributed by atoms with E-state index in [-0.39, 0.29) is 0 Å². The molecular formula is C8H5BBrClO2S. The van der Waals surface area contributed by atoms with Gasteiger partial charge in [0.1, 0.15) is 0 Å². The van der Waals surface area contributed by atoms with Crippen molar-refractivity contribution in [1.82, 2.24) is 0 Å². The minimum atomic E-state index is -1.48. The zero-order valence-corrected chi connectivity index (χ0v) is 10.0. The van der Waals surface area contributed by atoms with Gasteiger partial charge in [0.2, 0.25) is 0 Å². The molecule has 0 fully saturated rings. The average molecular weight is 291 g/mol. The first-order valence-corrected chi connectivity index (χ1v) is 5.82. The van der Waals surface area contributed by atoms with Crippen LogP contribution in [0.5, 0.6) is 0 Å². The summed E-state index contributed by atoms with van der Waals surface area (Å²) >= 11 is 10.5. The van der Waals surface area contributed by atoms with E-state index in [4.69, 9.17) is 11.6 Å². The smallest absolute Gasteiger partial charge is 0.423 e. The van der Waals surface area contributed by atoms with Crippen molar-refractivity contribution in [2.75, 3.05) is 0 Å². The molecule has 0 aliphatic rings. The van der Waals surface area contributed by atoms with Crippen LogP contribution in [0.4, 0.5) is 0 Å². The molecule has 0 radical (unpaired) electrons. The molecule has 0 amide bonds. The van der Waals surface area contributed by atoms with Gasteiger partial charge in [-0.25, -0.2) is 0 Å². The van der Waals surface area contributed by atoms with E-state index in [1.54, 1.807) is 12.1 Å². The molecule has 0 bridgehead atoms. The van der Waals surface area contributed by atoms with Gasteiger partial charge >= 0.3 is 7.12 Å². The third-order valence-electron chi connectivity index (χ3n) is 1.90. The summed E-state index contributed by atoms with van der Waals surface area (Å²) in [6.07, 6.45) is 0. The fraction of sp³-hybridized carbons (Fsp3) is 0. The Balaban J connectivity index is 2.82. The Kier molecular flexibility index (Phi) is 2.86. The molecule has 2 nitrogen and oxygen atoms in total. The quantitative estimate of drug-likeness (QED) is 0.789. The first kappa shape index (κ1) is 10.5. The Bertz CT molecular complexity index is 485. The second kappa shape index (κ2) is 3.83. The minimum Gasteiger partial charge on any atom is -0.423 e. The van der Waals surface area contributed by atoms with Crippen LogP contribution in [0.1, 0.15) is 0 Å². The lowest BCUT2D eigenvalue weighted by atomic mass is 9.80. The highest BCUT2D eigenvalue weighted by Crippen LogP contribution is 2.30. The Morgan fingerprint density at radius 3 is 2.71 bits per heavy atom. The highest BCUT2D eigenvalue weighted by atomic mass is 79.9. The molecule has 2 N–H and O–H groups in total. The van der Waals surface area contributed by atoms with Gasteiger partial charge in [-0.15, -0.1) is 11.3 Å². The van der Waals surface area contributed by atoms with Crippen molar-refractivity contribution in [2.24, 2.45) is 0 Å². The fourth-order valence-electron chi connectivity index (χ4n) is 1.31. The van der Waals surface area contributed by atoms with Gasteiger partial charge in [-0.2, -0.15) is 0 Å². The lowest BCUT2D eigenvalue weighted by Crippen LogP contribution is -2.31. The number of hydrogen-bond acceptors (Lipinski definition) is 3. The van der Waals surface area contributed by atoms with Gasteiger partial charge in [0, 0.05) is 14.6 Å². The molecule has 0 atom stereocenters. The normalized spacial score (nSPS) is 10.9. The van der Waals surface area contributed by atoms with Crippen molar-refractivity contribution < 1.29 is 10.0 Å². The zero-order chi connectivity index (χ0) is 10.3. The standard InChI is InChI=1S/C8H5BBrClO2S/c10-5-2-1-4-3-6(11)14-8(4)7(5)9(12)13/h1-3,12-13H. The summed E-state index contributed by atoms with van der Waals surface area (Å²) in [5.41, 5.74) is 0.472. The number of halogens is 2. The molecule has 1 aromatic carbocycles. The van der Waals surface area contributed by atoms with Gasteiger partial charge in [-0.3, -0.25) is 0 Å². The monoisotopic (exact) mass is 290 g/mol. The minimum absolute atomic E-state index is 0.472. The number of hydrogen-bond donors (Lipinski definition) is 2. The predicted octanol–water partition coefficient (Wildman–Crippen LogP) is 2.00. The molecule has 1 heterocycles. The topological polar surface area (TPSA) is 40.5 Å². The molecule has 6 heteroatoms. The predicted molar refractivity (Wildman–Crippen MR) is 64.4 cm³/mol. The highest BCUT2D eigenvalue weighted by Gasteiger charge is 2.19. The first-order chi connectivity index (χ1) is 6.59. The maximum absolute atomic E-state index is 9.20. The molecular weight excluding hydrogens is 286 g/mol. The SMILES string of the molecule is OB(O)c1c(Br)ccc2cc(Cl)sc12. The van der Waals surface area contributed by atoms with Crippen molar-refractivity contribution in [3.8, 4) is 0 Å². The molecule has 0 aliphatic heterocycles. The molecule has 72 valence electrons. The Morgan fingerprint density at radius 2 is 2.07 bits per heavy atom. The third-order valence-corrected chi connectivity index (χ3v) is 3.90. The van der Waals surface area contributed by atoms with Gasteiger partial charge in [-0.1, -0.05) is 33.6 Å². The fourth-order valence-corrected chi connectivity index (χ4v) is 3.28. The second-order valence-electron chi connectivity index (χ2n) is 2.80. The number of benzene rings is 1. The van der Waals surface area contributed by atoms with E-state index in [0.717, 1.165) is 10.1 Å². The average Bonchev–Trinajstić information content (AvgIpc) is 2.43. The van der Waals surface area contributed by atoms with Crippen LogP contribution in [0.3, 0.4) is 0 Å². The highest BCUT2D eigenvalue weighted by molar-refractivity contribution is 9.10.